The average molecular weight is 424 g/mol. The number of anilines is 1. The molecule has 164 valence electrons. The first-order valence-corrected chi connectivity index (χ1v) is 10.5. The fraction of sp³-hybridized carbons (Fsp3) is 0.391. The van der Waals surface area contributed by atoms with Gasteiger partial charge in [-0.1, -0.05) is 12.1 Å². The summed E-state index contributed by atoms with van der Waals surface area (Å²) >= 11 is 0. The van der Waals surface area contributed by atoms with Gasteiger partial charge in [-0.15, -0.1) is 0 Å². The highest BCUT2D eigenvalue weighted by molar-refractivity contribution is 6.14. The van der Waals surface area contributed by atoms with Gasteiger partial charge in [0.15, 0.2) is 11.5 Å². The first kappa shape index (κ1) is 21.0. The molecule has 0 spiro atoms. The van der Waals surface area contributed by atoms with Crippen molar-refractivity contribution >= 4 is 17.4 Å². The van der Waals surface area contributed by atoms with Gasteiger partial charge in [0.2, 0.25) is 0 Å². The van der Waals surface area contributed by atoms with Crippen molar-refractivity contribution in [1.29, 1.82) is 0 Å². The molecule has 2 aromatic rings. The number of amides is 2. The number of methoxy groups -OCH3 is 2. The summed E-state index contributed by atoms with van der Waals surface area (Å²) in [5.41, 5.74) is 4.88. The first-order valence-electron chi connectivity index (χ1n) is 10.5. The molecule has 1 saturated heterocycles. The van der Waals surface area contributed by atoms with E-state index in [1.807, 2.05) is 12.1 Å². The van der Waals surface area contributed by atoms with Gasteiger partial charge in [-0.3, -0.25) is 0 Å². The van der Waals surface area contributed by atoms with E-state index >= 15 is 0 Å². The minimum Gasteiger partial charge on any atom is -0.493 e. The molecule has 0 unspecified atom stereocenters. The van der Waals surface area contributed by atoms with Gasteiger partial charge in [0, 0.05) is 50.0 Å². The number of fused-ring (bicyclic) bond motifs is 1. The van der Waals surface area contributed by atoms with E-state index in [4.69, 9.17) is 14.6 Å². The zero-order valence-electron chi connectivity index (χ0n) is 18.3. The van der Waals surface area contributed by atoms with Crippen LogP contribution in [-0.4, -0.2) is 70.7 Å². The highest BCUT2D eigenvalue weighted by Crippen LogP contribution is 2.33. The number of ether oxygens (including phenoxy) is 2. The van der Waals surface area contributed by atoms with Crippen LogP contribution in [0.5, 0.6) is 11.5 Å². The van der Waals surface area contributed by atoms with E-state index in [0.717, 1.165) is 48.6 Å². The minimum absolute atomic E-state index is 0.235. The van der Waals surface area contributed by atoms with Crippen LogP contribution < -0.4 is 25.0 Å². The van der Waals surface area contributed by atoms with Crippen molar-refractivity contribution in [2.75, 3.05) is 58.9 Å². The SMILES string of the molecule is CNC(=O)N1CCc2cc(OC)c(OC)cc2C(c2ccc(N3CCNCC3)cc2)=N1. The van der Waals surface area contributed by atoms with E-state index in [0.29, 0.717) is 24.5 Å². The van der Waals surface area contributed by atoms with E-state index in [2.05, 4.69) is 39.8 Å². The van der Waals surface area contributed by atoms with E-state index in [9.17, 15) is 4.79 Å². The molecule has 0 aliphatic carbocycles. The Bertz CT molecular complexity index is 968. The van der Waals surface area contributed by atoms with Crippen molar-refractivity contribution in [3.05, 3.63) is 53.1 Å². The molecule has 2 heterocycles. The van der Waals surface area contributed by atoms with Gasteiger partial charge in [-0.2, -0.15) is 5.10 Å². The summed E-state index contributed by atoms with van der Waals surface area (Å²) in [6, 6.07) is 12.1. The minimum atomic E-state index is -0.235. The van der Waals surface area contributed by atoms with Crippen LogP contribution in [0.1, 0.15) is 16.7 Å². The summed E-state index contributed by atoms with van der Waals surface area (Å²) in [4.78, 5) is 14.8. The third kappa shape index (κ3) is 4.29. The molecule has 0 saturated carbocycles. The van der Waals surface area contributed by atoms with Gasteiger partial charge in [0.1, 0.15) is 0 Å². The van der Waals surface area contributed by atoms with Gasteiger partial charge in [0.25, 0.3) is 0 Å². The molecule has 8 heteroatoms. The maximum absolute atomic E-state index is 12.4. The van der Waals surface area contributed by atoms with Gasteiger partial charge in [0.05, 0.1) is 26.5 Å². The number of rotatable bonds is 4. The van der Waals surface area contributed by atoms with E-state index in [1.165, 1.54) is 10.7 Å². The van der Waals surface area contributed by atoms with Crippen molar-refractivity contribution < 1.29 is 14.3 Å². The van der Waals surface area contributed by atoms with Crippen molar-refractivity contribution in [3.63, 3.8) is 0 Å². The molecule has 0 aromatic heterocycles. The van der Waals surface area contributed by atoms with Crippen molar-refractivity contribution in [1.82, 2.24) is 15.6 Å². The van der Waals surface area contributed by atoms with Crippen LogP contribution >= 0.6 is 0 Å². The molecule has 0 bridgehead atoms. The van der Waals surface area contributed by atoms with Crippen LogP contribution in [0.25, 0.3) is 0 Å². The number of nitrogens with zero attached hydrogens (tertiary/aromatic N) is 3. The fourth-order valence-corrected chi connectivity index (χ4v) is 4.04. The smallest absolute Gasteiger partial charge is 0.337 e. The van der Waals surface area contributed by atoms with E-state index in [1.54, 1.807) is 21.3 Å². The molecule has 2 amide bonds. The van der Waals surface area contributed by atoms with E-state index < -0.39 is 0 Å². The monoisotopic (exact) mass is 423 g/mol. The predicted molar refractivity (Wildman–Crippen MR) is 122 cm³/mol. The van der Waals surface area contributed by atoms with Gasteiger partial charge >= 0.3 is 6.03 Å². The number of hydrogen-bond donors (Lipinski definition) is 2. The standard InChI is InChI=1S/C23H29N5O3/c1-24-23(29)28-11-8-17-14-20(30-2)21(31-3)15-19(17)22(26-28)16-4-6-18(7-5-16)27-12-9-25-10-13-27/h4-7,14-15,25H,8-13H2,1-3H3,(H,24,29). The van der Waals surface area contributed by atoms with Crippen molar-refractivity contribution in [2.24, 2.45) is 5.10 Å². The molecule has 8 nitrogen and oxygen atoms in total. The van der Waals surface area contributed by atoms with Crippen LogP contribution in [0.15, 0.2) is 41.5 Å². The second kappa shape index (κ2) is 9.26. The van der Waals surface area contributed by atoms with Gasteiger partial charge < -0.3 is 25.0 Å². The molecule has 0 atom stereocenters. The Morgan fingerprint density at radius 3 is 2.35 bits per heavy atom. The zero-order valence-corrected chi connectivity index (χ0v) is 18.3. The molecule has 2 aliphatic heterocycles. The number of urea groups is 1. The number of carbonyl (C=O) groups is 1. The van der Waals surface area contributed by atoms with Crippen LogP contribution in [0.3, 0.4) is 0 Å². The average Bonchev–Trinajstić information content (AvgIpc) is 3.02. The topological polar surface area (TPSA) is 78.4 Å². The highest BCUT2D eigenvalue weighted by Gasteiger charge is 2.24. The number of benzene rings is 2. The maximum atomic E-state index is 12.4. The Morgan fingerprint density at radius 1 is 1.03 bits per heavy atom. The van der Waals surface area contributed by atoms with Gasteiger partial charge in [-0.25, -0.2) is 9.80 Å². The number of hydrogen-bond acceptors (Lipinski definition) is 6. The van der Waals surface area contributed by atoms with Crippen LogP contribution in [0, 0.1) is 0 Å². The first-order chi connectivity index (χ1) is 15.1. The molecule has 4 rings (SSSR count). The van der Waals surface area contributed by atoms with Crippen LogP contribution in [-0.2, 0) is 6.42 Å². The van der Waals surface area contributed by atoms with Gasteiger partial charge in [-0.05, 0) is 36.2 Å². The maximum Gasteiger partial charge on any atom is 0.337 e. The zero-order chi connectivity index (χ0) is 21.8. The quantitative estimate of drug-likeness (QED) is 0.787. The third-order valence-corrected chi connectivity index (χ3v) is 5.75. The second-order valence-electron chi connectivity index (χ2n) is 7.53. The Kier molecular flexibility index (Phi) is 6.27. The Balaban J connectivity index is 1.76. The molecule has 2 aromatic carbocycles. The van der Waals surface area contributed by atoms with Crippen molar-refractivity contribution in [2.45, 2.75) is 6.42 Å². The summed E-state index contributed by atoms with van der Waals surface area (Å²) in [5, 5.41) is 12.3. The van der Waals surface area contributed by atoms with Crippen molar-refractivity contribution in [3.8, 4) is 11.5 Å². The normalized spacial score (nSPS) is 16.2. The lowest BCUT2D eigenvalue weighted by Gasteiger charge is -2.29. The fourth-order valence-electron chi connectivity index (χ4n) is 4.04. The predicted octanol–water partition coefficient (Wildman–Crippen LogP) is 2.06. The lowest BCUT2D eigenvalue weighted by Crippen LogP contribution is -2.43. The third-order valence-electron chi connectivity index (χ3n) is 5.75. The molecular weight excluding hydrogens is 394 g/mol. The van der Waals surface area contributed by atoms with Crippen LogP contribution in [0.2, 0.25) is 0 Å². The molecule has 1 fully saturated rings. The number of carbonyl (C=O) groups excluding carboxylic acids is 1. The largest absolute Gasteiger partial charge is 0.493 e. The Hall–Kier alpha value is -3.26. The van der Waals surface area contributed by atoms with Crippen LogP contribution in [0.4, 0.5) is 10.5 Å². The summed E-state index contributed by atoms with van der Waals surface area (Å²) in [5.74, 6) is 1.31. The molecule has 0 radical (unpaired) electrons. The van der Waals surface area contributed by atoms with E-state index in [-0.39, 0.29) is 6.03 Å². The lowest BCUT2D eigenvalue weighted by atomic mass is 9.95. The number of hydrazone groups is 1. The lowest BCUT2D eigenvalue weighted by molar-refractivity contribution is 0.203. The summed E-state index contributed by atoms with van der Waals surface area (Å²) in [7, 11) is 4.86. The summed E-state index contributed by atoms with van der Waals surface area (Å²) in [6.07, 6.45) is 0.662. The molecular formula is C23H29N5O3. The second-order valence-corrected chi connectivity index (χ2v) is 7.53. The number of nitrogens with one attached hydrogen (secondary N) is 2. The molecule has 31 heavy (non-hydrogen) atoms. The Labute approximate surface area is 182 Å². The Morgan fingerprint density at radius 2 is 1.71 bits per heavy atom. The number of piperazine rings is 1. The highest BCUT2D eigenvalue weighted by atomic mass is 16.5. The summed E-state index contributed by atoms with van der Waals surface area (Å²) in [6.45, 7) is 4.44. The summed E-state index contributed by atoms with van der Waals surface area (Å²) < 4.78 is 11.0. The molecule has 2 aliphatic rings. The molecule has 2 N–H and O–H groups in total.